The van der Waals surface area contributed by atoms with Crippen LogP contribution in [0.1, 0.15) is 18.2 Å². The molecule has 0 bridgehead atoms. The van der Waals surface area contributed by atoms with Crippen molar-refractivity contribution in [2.24, 2.45) is 0 Å². The minimum absolute atomic E-state index is 0.234. The molecule has 78 valence electrons. The van der Waals surface area contributed by atoms with Crippen molar-refractivity contribution < 1.29 is 4.39 Å². The highest BCUT2D eigenvalue weighted by Gasteiger charge is 2.08. The highest BCUT2D eigenvalue weighted by molar-refractivity contribution is 5.92. The van der Waals surface area contributed by atoms with Crippen molar-refractivity contribution in [2.45, 2.75) is 20.3 Å². The quantitative estimate of drug-likeness (QED) is 0.775. The van der Waals surface area contributed by atoms with Gasteiger partial charge < -0.3 is 5.73 Å². The molecule has 1 aromatic carbocycles. The maximum absolute atomic E-state index is 13.3. The predicted molar refractivity (Wildman–Crippen MR) is 60.2 cm³/mol. The lowest BCUT2D eigenvalue weighted by Crippen LogP contribution is -1.97. The number of halogens is 1. The van der Waals surface area contributed by atoms with E-state index in [2.05, 4.69) is 4.98 Å². The van der Waals surface area contributed by atoms with E-state index in [0.717, 1.165) is 17.5 Å². The van der Waals surface area contributed by atoms with Crippen LogP contribution in [-0.2, 0) is 6.42 Å². The van der Waals surface area contributed by atoms with Gasteiger partial charge in [0.25, 0.3) is 0 Å². The maximum Gasteiger partial charge on any atom is 0.128 e. The topological polar surface area (TPSA) is 38.9 Å². The number of hydrogen-bond acceptors (Lipinski definition) is 2. The number of nitrogens with zero attached hydrogens (tertiary/aromatic N) is 1. The van der Waals surface area contributed by atoms with Crippen LogP contribution in [0.3, 0.4) is 0 Å². The van der Waals surface area contributed by atoms with Crippen LogP contribution in [0.2, 0.25) is 0 Å². The molecular weight excluding hydrogens is 191 g/mol. The first-order chi connectivity index (χ1) is 7.13. The maximum atomic E-state index is 13.3. The van der Waals surface area contributed by atoms with Crippen molar-refractivity contribution in [1.29, 1.82) is 0 Å². The first kappa shape index (κ1) is 9.90. The Morgan fingerprint density at radius 1 is 1.40 bits per heavy atom. The zero-order valence-corrected chi connectivity index (χ0v) is 8.84. The van der Waals surface area contributed by atoms with Gasteiger partial charge in [-0.05, 0) is 31.5 Å². The number of nitrogen functional groups attached to an aromatic ring is 1. The summed E-state index contributed by atoms with van der Waals surface area (Å²) in [5.74, 6) is -0.234. The third-order valence-electron chi connectivity index (χ3n) is 2.62. The molecule has 0 radical (unpaired) electrons. The molecule has 0 unspecified atom stereocenters. The summed E-state index contributed by atoms with van der Waals surface area (Å²) in [5, 5.41) is 0.825. The normalized spacial score (nSPS) is 10.9. The number of nitrogens with two attached hydrogens (primary N) is 1. The fourth-order valence-electron chi connectivity index (χ4n) is 1.67. The summed E-state index contributed by atoms with van der Waals surface area (Å²) in [6.45, 7) is 3.73. The van der Waals surface area contributed by atoms with Gasteiger partial charge in [-0.1, -0.05) is 6.92 Å². The van der Waals surface area contributed by atoms with E-state index in [1.807, 2.05) is 13.0 Å². The fourth-order valence-corrected chi connectivity index (χ4v) is 1.67. The van der Waals surface area contributed by atoms with Crippen LogP contribution in [0, 0.1) is 12.7 Å². The average molecular weight is 204 g/mol. The number of benzene rings is 1. The Hall–Kier alpha value is -1.64. The largest absolute Gasteiger partial charge is 0.398 e. The molecule has 1 aromatic heterocycles. The van der Waals surface area contributed by atoms with E-state index in [0.29, 0.717) is 16.8 Å². The van der Waals surface area contributed by atoms with Crippen LogP contribution in [-0.4, -0.2) is 4.98 Å². The van der Waals surface area contributed by atoms with E-state index in [1.54, 1.807) is 13.0 Å². The van der Waals surface area contributed by atoms with Crippen molar-refractivity contribution in [3.8, 4) is 0 Å². The Bertz CT molecular complexity index is 521. The predicted octanol–water partition coefficient (Wildman–Crippen LogP) is 2.83. The van der Waals surface area contributed by atoms with Gasteiger partial charge in [0, 0.05) is 22.3 Å². The van der Waals surface area contributed by atoms with Crippen LogP contribution in [0.15, 0.2) is 18.2 Å². The first-order valence-corrected chi connectivity index (χ1v) is 4.97. The van der Waals surface area contributed by atoms with Crippen LogP contribution in [0.4, 0.5) is 10.1 Å². The molecule has 1 heterocycles. The molecule has 0 atom stereocenters. The standard InChI is InChI=1S/C12H13FN2/c1-3-8-6-11(14)9-4-5-10(13)7(2)12(9)15-8/h4-6H,3H2,1-2H3,(H2,14,15). The number of hydrogen-bond donors (Lipinski definition) is 1. The fraction of sp³-hybridized carbons (Fsp3) is 0.250. The molecule has 2 rings (SSSR count). The number of anilines is 1. The molecule has 0 spiro atoms. The molecule has 3 heteroatoms. The van der Waals surface area contributed by atoms with E-state index in [4.69, 9.17) is 5.73 Å². The summed E-state index contributed by atoms with van der Waals surface area (Å²) in [6, 6.07) is 4.96. The van der Waals surface area contributed by atoms with E-state index < -0.39 is 0 Å². The van der Waals surface area contributed by atoms with Gasteiger partial charge in [-0.25, -0.2) is 4.39 Å². The van der Waals surface area contributed by atoms with Crippen LogP contribution < -0.4 is 5.73 Å². The Labute approximate surface area is 87.9 Å². The minimum atomic E-state index is -0.234. The molecule has 0 saturated heterocycles. The number of aryl methyl sites for hydroxylation is 2. The van der Waals surface area contributed by atoms with Crippen molar-refractivity contribution >= 4 is 16.6 Å². The van der Waals surface area contributed by atoms with E-state index in [9.17, 15) is 4.39 Å². The van der Waals surface area contributed by atoms with Gasteiger partial charge >= 0.3 is 0 Å². The molecular formula is C12H13FN2. The van der Waals surface area contributed by atoms with Crippen molar-refractivity contribution in [2.75, 3.05) is 5.73 Å². The second-order valence-electron chi connectivity index (χ2n) is 3.62. The van der Waals surface area contributed by atoms with Gasteiger partial charge in [-0.2, -0.15) is 0 Å². The van der Waals surface area contributed by atoms with Gasteiger partial charge in [0.15, 0.2) is 0 Å². The molecule has 15 heavy (non-hydrogen) atoms. The summed E-state index contributed by atoms with van der Waals surface area (Å²) < 4.78 is 13.3. The zero-order valence-electron chi connectivity index (χ0n) is 8.84. The third kappa shape index (κ3) is 1.54. The monoisotopic (exact) mass is 204 g/mol. The Morgan fingerprint density at radius 2 is 2.13 bits per heavy atom. The van der Waals surface area contributed by atoms with E-state index in [-0.39, 0.29) is 5.82 Å². The Morgan fingerprint density at radius 3 is 2.80 bits per heavy atom. The summed E-state index contributed by atoms with van der Waals surface area (Å²) in [7, 11) is 0. The van der Waals surface area contributed by atoms with Gasteiger partial charge in [0.1, 0.15) is 5.82 Å². The molecule has 0 aliphatic heterocycles. The Kier molecular flexibility index (Phi) is 2.31. The lowest BCUT2D eigenvalue weighted by atomic mass is 10.1. The average Bonchev–Trinajstić information content (AvgIpc) is 2.23. The highest BCUT2D eigenvalue weighted by Crippen LogP contribution is 2.25. The van der Waals surface area contributed by atoms with Crippen molar-refractivity contribution in [1.82, 2.24) is 4.98 Å². The first-order valence-electron chi connectivity index (χ1n) is 4.97. The Balaban J connectivity index is 2.86. The number of fused-ring (bicyclic) bond motifs is 1. The van der Waals surface area contributed by atoms with Gasteiger partial charge in [-0.15, -0.1) is 0 Å². The smallest absolute Gasteiger partial charge is 0.128 e. The van der Waals surface area contributed by atoms with Crippen molar-refractivity contribution in [3.63, 3.8) is 0 Å². The number of aromatic nitrogens is 1. The molecule has 0 aliphatic rings. The second kappa shape index (κ2) is 3.50. The van der Waals surface area contributed by atoms with Crippen molar-refractivity contribution in [3.05, 3.63) is 35.3 Å². The van der Waals surface area contributed by atoms with Gasteiger partial charge in [0.2, 0.25) is 0 Å². The summed E-state index contributed by atoms with van der Waals surface area (Å²) in [4.78, 5) is 4.39. The summed E-state index contributed by atoms with van der Waals surface area (Å²) in [6.07, 6.45) is 0.802. The van der Waals surface area contributed by atoms with E-state index >= 15 is 0 Å². The van der Waals surface area contributed by atoms with Gasteiger partial charge in [-0.3, -0.25) is 4.98 Å². The van der Waals surface area contributed by atoms with E-state index in [1.165, 1.54) is 6.07 Å². The minimum Gasteiger partial charge on any atom is -0.398 e. The molecule has 0 amide bonds. The zero-order chi connectivity index (χ0) is 11.0. The summed E-state index contributed by atoms with van der Waals surface area (Å²) in [5.41, 5.74) is 8.69. The molecule has 0 fully saturated rings. The van der Waals surface area contributed by atoms with Crippen LogP contribution in [0.25, 0.3) is 10.9 Å². The lowest BCUT2D eigenvalue weighted by Gasteiger charge is -2.07. The molecule has 0 saturated carbocycles. The van der Waals surface area contributed by atoms with Gasteiger partial charge in [0.05, 0.1) is 5.52 Å². The molecule has 2 N–H and O–H groups in total. The molecule has 2 aromatic rings. The third-order valence-corrected chi connectivity index (χ3v) is 2.62. The summed E-state index contributed by atoms with van der Waals surface area (Å²) >= 11 is 0. The highest BCUT2D eigenvalue weighted by atomic mass is 19.1. The molecule has 2 nitrogen and oxygen atoms in total. The van der Waals surface area contributed by atoms with Crippen LogP contribution >= 0.6 is 0 Å². The number of rotatable bonds is 1. The lowest BCUT2D eigenvalue weighted by molar-refractivity contribution is 0.620. The van der Waals surface area contributed by atoms with Crippen LogP contribution in [0.5, 0.6) is 0 Å². The molecule has 0 aliphatic carbocycles. The number of pyridine rings is 1. The SMILES string of the molecule is CCc1cc(N)c2ccc(F)c(C)c2n1. The second-order valence-corrected chi connectivity index (χ2v) is 3.62.